The first kappa shape index (κ1) is 15.6. The summed E-state index contributed by atoms with van der Waals surface area (Å²) in [4.78, 5) is 28.6. The van der Waals surface area contributed by atoms with Gasteiger partial charge in [0.1, 0.15) is 11.5 Å². The molecule has 0 saturated carbocycles. The molecule has 1 aromatic carbocycles. The molecule has 0 N–H and O–H groups in total. The molecule has 0 aliphatic carbocycles. The highest BCUT2D eigenvalue weighted by Crippen LogP contribution is 2.23. The van der Waals surface area contributed by atoms with Gasteiger partial charge in [-0.3, -0.25) is 19.3 Å². The summed E-state index contributed by atoms with van der Waals surface area (Å²) in [5, 5.41) is 11.4. The summed E-state index contributed by atoms with van der Waals surface area (Å²) in [6.07, 6.45) is 1.41. The minimum absolute atomic E-state index is 0.0446. The largest absolute Gasteiger partial charge is 0.376 e. The van der Waals surface area contributed by atoms with Gasteiger partial charge in [-0.25, -0.2) is 9.37 Å². The van der Waals surface area contributed by atoms with E-state index >= 15 is 0 Å². The van der Waals surface area contributed by atoms with Crippen molar-refractivity contribution >= 4 is 17.2 Å². The third-order valence-corrected chi connectivity index (χ3v) is 3.60. The Morgan fingerprint density at radius 3 is 2.67 bits per heavy atom. The standard InChI is InChI=1S/C16H13FN4O3/c1-19(10-11-6-2-3-7-12(11)17)15-14(21(23)24)16(22)20-9-5-4-8-13(20)18-15/h2-9H,10H2,1H3. The minimum atomic E-state index is -0.777. The average Bonchev–Trinajstić information content (AvgIpc) is 2.56. The molecule has 122 valence electrons. The number of halogens is 1. The van der Waals surface area contributed by atoms with E-state index in [0.29, 0.717) is 5.56 Å². The molecule has 0 radical (unpaired) electrons. The summed E-state index contributed by atoms with van der Waals surface area (Å²) in [5.41, 5.74) is -0.786. The number of nitrogens with zero attached hydrogens (tertiary/aromatic N) is 4. The van der Waals surface area contributed by atoms with E-state index in [4.69, 9.17) is 0 Å². The van der Waals surface area contributed by atoms with Crippen molar-refractivity contribution in [2.45, 2.75) is 6.54 Å². The zero-order valence-electron chi connectivity index (χ0n) is 12.7. The molecule has 0 saturated heterocycles. The summed E-state index contributed by atoms with van der Waals surface area (Å²) in [7, 11) is 1.53. The maximum atomic E-state index is 13.8. The Morgan fingerprint density at radius 2 is 1.96 bits per heavy atom. The van der Waals surface area contributed by atoms with Gasteiger partial charge in [-0.15, -0.1) is 0 Å². The molecular weight excluding hydrogens is 315 g/mol. The molecule has 0 unspecified atom stereocenters. The lowest BCUT2D eigenvalue weighted by molar-refractivity contribution is -0.385. The van der Waals surface area contributed by atoms with Gasteiger partial charge in [0.25, 0.3) is 0 Å². The third kappa shape index (κ3) is 2.69. The summed E-state index contributed by atoms with van der Waals surface area (Å²) >= 11 is 0. The molecule has 0 aliphatic rings. The van der Waals surface area contributed by atoms with E-state index < -0.39 is 22.0 Å². The monoisotopic (exact) mass is 328 g/mol. The van der Waals surface area contributed by atoms with Crippen LogP contribution in [-0.4, -0.2) is 21.4 Å². The molecule has 0 aliphatic heterocycles. The third-order valence-electron chi connectivity index (χ3n) is 3.60. The number of rotatable bonds is 4. The molecule has 3 aromatic rings. The second-order valence-corrected chi connectivity index (χ2v) is 5.22. The first-order valence-corrected chi connectivity index (χ1v) is 7.09. The summed E-state index contributed by atoms with van der Waals surface area (Å²) in [6, 6.07) is 10.9. The number of anilines is 1. The average molecular weight is 328 g/mol. The fraction of sp³-hybridized carbons (Fsp3) is 0.125. The lowest BCUT2D eigenvalue weighted by Crippen LogP contribution is -2.26. The molecule has 24 heavy (non-hydrogen) atoms. The van der Waals surface area contributed by atoms with Gasteiger partial charge in [0.15, 0.2) is 0 Å². The van der Waals surface area contributed by atoms with Gasteiger partial charge < -0.3 is 4.90 Å². The van der Waals surface area contributed by atoms with E-state index in [1.807, 2.05) is 0 Å². The van der Waals surface area contributed by atoms with Crippen LogP contribution in [0.5, 0.6) is 0 Å². The maximum absolute atomic E-state index is 13.8. The zero-order chi connectivity index (χ0) is 17.3. The van der Waals surface area contributed by atoms with Crippen LogP contribution < -0.4 is 10.5 Å². The molecule has 0 spiro atoms. The van der Waals surface area contributed by atoms with E-state index in [1.54, 1.807) is 36.4 Å². The van der Waals surface area contributed by atoms with Crippen molar-refractivity contribution in [1.29, 1.82) is 0 Å². The lowest BCUT2D eigenvalue weighted by Gasteiger charge is -2.18. The molecule has 2 aromatic heterocycles. The molecule has 2 heterocycles. The van der Waals surface area contributed by atoms with Crippen LogP contribution in [0.15, 0.2) is 53.5 Å². The second kappa shape index (κ2) is 6.07. The molecule has 3 rings (SSSR count). The Bertz CT molecular complexity index is 986. The van der Waals surface area contributed by atoms with Crippen LogP contribution in [0.2, 0.25) is 0 Å². The van der Waals surface area contributed by atoms with Gasteiger partial charge in [0.05, 0.1) is 4.92 Å². The van der Waals surface area contributed by atoms with Crippen LogP contribution in [0.4, 0.5) is 15.9 Å². The van der Waals surface area contributed by atoms with Crippen molar-refractivity contribution in [2.75, 3.05) is 11.9 Å². The summed E-state index contributed by atoms with van der Waals surface area (Å²) < 4.78 is 14.9. The van der Waals surface area contributed by atoms with Crippen molar-refractivity contribution in [3.05, 3.63) is 80.5 Å². The number of pyridine rings is 1. The first-order chi connectivity index (χ1) is 11.5. The number of fused-ring (bicyclic) bond motifs is 1. The number of aromatic nitrogens is 2. The zero-order valence-corrected chi connectivity index (χ0v) is 12.7. The Kier molecular flexibility index (Phi) is 3.95. The van der Waals surface area contributed by atoms with E-state index in [9.17, 15) is 19.3 Å². The van der Waals surface area contributed by atoms with Crippen LogP contribution in [0.25, 0.3) is 5.65 Å². The molecule has 8 heteroatoms. The highest BCUT2D eigenvalue weighted by atomic mass is 19.1. The van der Waals surface area contributed by atoms with E-state index in [0.717, 1.165) is 4.40 Å². The quantitative estimate of drug-likeness (QED) is 0.542. The predicted octanol–water partition coefficient (Wildman–Crippen LogP) is 2.38. The van der Waals surface area contributed by atoms with Gasteiger partial charge >= 0.3 is 11.2 Å². The topological polar surface area (TPSA) is 80.8 Å². The van der Waals surface area contributed by atoms with Gasteiger partial charge in [-0.1, -0.05) is 24.3 Å². The van der Waals surface area contributed by atoms with Gasteiger partial charge in [0, 0.05) is 25.4 Å². The number of benzene rings is 1. The van der Waals surface area contributed by atoms with Crippen molar-refractivity contribution in [3.63, 3.8) is 0 Å². The van der Waals surface area contributed by atoms with Crippen molar-refractivity contribution in [3.8, 4) is 0 Å². The minimum Gasteiger partial charge on any atom is -0.349 e. The van der Waals surface area contributed by atoms with Crippen LogP contribution >= 0.6 is 0 Å². The highest BCUT2D eigenvalue weighted by Gasteiger charge is 2.26. The predicted molar refractivity (Wildman–Crippen MR) is 86.6 cm³/mol. The fourth-order valence-electron chi connectivity index (χ4n) is 2.45. The molecule has 0 atom stereocenters. The summed E-state index contributed by atoms with van der Waals surface area (Å²) in [5.74, 6) is -0.524. The highest BCUT2D eigenvalue weighted by molar-refractivity contribution is 5.61. The molecule has 0 bridgehead atoms. The van der Waals surface area contributed by atoms with Crippen LogP contribution in [-0.2, 0) is 6.54 Å². The van der Waals surface area contributed by atoms with Crippen LogP contribution in [0.1, 0.15) is 5.56 Å². The van der Waals surface area contributed by atoms with Crippen LogP contribution in [0, 0.1) is 15.9 Å². The molecule has 7 nitrogen and oxygen atoms in total. The van der Waals surface area contributed by atoms with E-state index in [2.05, 4.69) is 4.98 Å². The first-order valence-electron chi connectivity index (χ1n) is 7.09. The van der Waals surface area contributed by atoms with E-state index in [1.165, 1.54) is 24.2 Å². The van der Waals surface area contributed by atoms with Crippen LogP contribution in [0.3, 0.4) is 0 Å². The maximum Gasteiger partial charge on any atom is 0.376 e. The molecule has 0 fully saturated rings. The van der Waals surface area contributed by atoms with Gasteiger partial charge in [0.2, 0.25) is 5.82 Å². The number of hydrogen-bond donors (Lipinski definition) is 0. The normalized spacial score (nSPS) is 10.8. The smallest absolute Gasteiger partial charge is 0.349 e. The van der Waals surface area contributed by atoms with Gasteiger partial charge in [-0.2, -0.15) is 0 Å². The number of hydrogen-bond acceptors (Lipinski definition) is 5. The Hall–Kier alpha value is -3.29. The Labute approximate surface area is 135 Å². The van der Waals surface area contributed by atoms with Crippen molar-refractivity contribution in [1.82, 2.24) is 9.38 Å². The lowest BCUT2D eigenvalue weighted by atomic mass is 10.2. The molecular formula is C16H13FN4O3. The van der Waals surface area contributed by atoms with Crippen molar-refractivity contribution < 1.29 is 9.31 Å². The molecule has 0 amide bonds. The summed E-state index contributed by atoms with van der Waals surface area (Å²) in [6.45, 7) is 0.0446. The number of nitro groups is 1. The Morgan fingerprint density at radius 1 is 1.25 bits per heavy atom. The van der Waals surface area contributed by atoms with Gasteiger partial charge in [-0.05, 0) is 18.2 Å². The fourth-order valence-corrected chi connectivity index (χ4v) is 2.45. The Balaban J connectivity index is 2.14. The van der Waals surface area contributed by atoms with Crippen molar-refractivity contribution in [2.24, 2.45) is 0 Å². The SMILES string of the molecule is CN(Cc1ccccc1F)c1nc2ccccn2c(=O)c1[N+](=O)[O-]. The second-order valence-electron chi connectivity index (χ2n) is 5.22. The van der Waals surface area contributed by atoms with E-state index in [-0.39, 0.29) is 18.0 Å².